The molecular weight excluding hydrogens is 188 g/mol. The summed E-state index contributed by atoms with van der Waals surface area (Å²) in [5, 5.41) is 9.13. The summed E-state index contributed by atoms with van der Waals surface area (Å²) in [6, 6.07) is 6.32. The highest BCUT2D eigenvalue weighted by atomic mass is 16.3. The molecule has 0 radical (unpaired) electrons. The fourth-order valence-electron chi connectivity index (χ4n) is 1.53. The molecule has 0 amide bonds. The highest BCUT2D eigenvalue weighted by Gasteiger charge is 2.12. The zero-order valence-corrected chi connectivity index (χ0v) is 9.70. The van der Waals surface area contributed by atoms with E-state index in [0.717, 1.165) is 11.3 Å². The van der Waals surface area contributed by atoms with E-state index in [0.29, 0.717) is 6.54 Å². The Balaban J connectivity index is 3.05. The highest BCUT2D eigenvalue weighted by molar-refractivity contribution is 5.55. The first-order valence-corrected chi connectivity index (χ1v) is 5.23. The van der Waals surface area contributed by atoms with E-state index in [4.69, 9.17) is 10.8 Å². The average Bonchev–Trinajstić information content (AvgIpc) is 2.27. The molecule has 15 heavy (non-hydrogen) atoms. The Hall–Kier alpha value is -1.06. The van der Waals surface area contributed by atoms with E-state index in [2.05, 4.69) is 24.0 Å². The summed E-state index contributed by atoms with van der Waals surface area (Å²) < 4.78 is 0. The number of anilines is 1. The molecule has 84 valence electrons. The van der Waals surface area contributed by atoms with Crippen LogP contribution < -0.4 is 10.6 Å². The SMILES string of the molecule is Cc1ccc(CN)c(N(C)C(C)CO)c1. The van der Waals surface area contributed by atoms with Gasteiger partial charge in [0, 0.05) is 25.3 Å². The van der Waals surface area contributed by atoms with Gasteiger partial charge in [0.1, 0.15) is 0 Å². The first-order chi connectivity index (χ1) is 7.10. The molecule has 1 aromatic rings. The summed E-state index contributed by atoms with van der Waals surface area (Å²) in [6.07, 6.45) is 0. The lowest BCUT2D eigenvalue weighted by Gasteiger charge is -2.27. The van der Waals surface area contributed by atoms with Crippen molar-refractivity contribution in [2.75, 3.05) is 18.6 Å². The fraction of sp³-hybridized carbons (Fsp3) is 0.500. The Labute approximate surface area is 91.5 Å². The summed E-state index contributed by atoms with van der Waals surface area (Å²) in [6.45, 7) is 4.72. The molecule has 1 rings (SSSR count). The van der Waals surface area contributed by atoms with E-state index in [1.54, 1.807) is 0 Å². The van der Waals surface area contributed by atoms with Gasteiger partial charge in [0.15, 0.2) is 0 Å². The van der Waals surface area contributed by atoms with Gasteiger partial charge in [-0.1, -0.05) is 12.1 Å². The Morgan fingerprint density at radius 1 is 1.47 bits per heavy atom. The van der Waals surface area contributed by atoms with Crippen molar-refractivity contribution in [3.8, 4) is 0 Å². The van der Waals surface area contributed by atoms with Crippen LogP contribution in [0.5, 0.6) is 0 Å². The number of aliphatic hydroxyl groups is 1. The van der Waals surface area contributed by atoms with Crippen LogP contribution in [0.1, 0.15) is 18.1 Å². The van der Waals surface area contributed by atoms with E-state index in [-0.39, 0.29) is 12.6 Å². The van der Waals surface area contributed by atoms with Gasteiger partial charge in [-0.15, -0.1) is 0 Å². The molecular formula is C12H20N2O. The maximum atomic E-state index is 9.13. The van der Waals surface area contributed by atoms with Gasteiger partial charge in [-0.3, -0.25) is 0 Å². The number of aryl methyl sites for hydroxylation is 1. The third kappa shape index (κ3) is 2.70. The van der Waals surface area contributed by atoms with Gasteiger partial charge < -0.3 is 15.7 Å². The van der Waals surface area contributed by atoms with Crippen molar-refractivity contribution in [2.45, 2.75) is 26.4 Å². The molecule has 1 atom stereocenters. The van der Waals surface area contributed by atoms with E-state index < -0.39 is 0 Å². The molecule has 0 saturated carbocycles. The molecule has 0 aliphatic heterocycles. The smallest absolute Gasteiger partial charge is 0.0632 e. The number of aliphatic hydroxyl groups excluding tert-OH is 1. The van der Waals surface area contributed by atoms with Crippen molar-refractivity contribution in [3.63, 3.8) is 0 Å². The van der Waals surface area contributed by atoms with Gasteiger partial charge in [0.25, 0.3) is 0 Å². The second-order valence-corrected chi connectivity index (χ2v) is 3.98. The van der Waals surface area contributed by atoms with Crippen molar-refractivity contribution in [2.24, 2.45) is 5.73 Å². The van der Waals surface area contributed by atoms with E-state index in [1.165, 1.54) is 5.56 Å². The third-order valence-electron chi connectivity index (χ3n) is 2.77. The van der Waals surface area contributed by atoms with E-state index in [1.807, 2.05) is 20.0 Å². The molecule has 0 bridgehead atoms. The number of hydrogen-bond acceptors (Lipinski definition) is 3. The van der Waals surface area contributed by atoms with Crippen LogP contribution in [0.4, 0.5) is 5.69 Å². The van der Waals surface area contributed by atoms with Gasteiger partial charge in [0.05, 0.1) is 6.61 Å². The number of nitrogens with zero attached hydrogens (tertiary/aromatic N) is 1. The summed E-state index contributed by atoms with van der Waals surface area (Å²) in [7, 11) is 1.98. The van der Waals surface area contributed by atoms with Gasteiger partial charge in [-0.25, -0.2) is 0 Å². The Morgan fingerprint density at radius 2 is 2.13 bits per heavy atom. The van der Waals surface area contributed by atoms with Crippen molar-refractivity contribution >= 4 is 5.69 Å². The van der Waals surface area contributed by atoms with Crippen LogP contribution in [0.2, 0.25) is 0 Å². The zero-order chi connectivity index (χ0) is 11.4. The van der Waals surface area contributed by atoms with E-state index >= 15 is 0 Å². The van der Waals surface area contributed by atoms with Crippen LogP contribution >= 0.6 is 0 Å². The van der Waals surface area contributed by atoms with Crippen LogP contribution in [-0.2, 0) is 6.54 Å². The molecule has 3 heteroatoms. The Morgan fingerprint density at radius 3 is 2.67 bits per heavy atom. The van der Waals surface area contributed by atoms with Crippen molar-refractivity contribution in [1.29, 1.82) is 0 Å². The molecule has 0 spiro atoms. The Kier molecular flexibility index (Phi) is 4.12. The molecule has 0 heterocycles. The number of likely N-dealkylation sites (N-methyl/N-ethyl adjacent to an activating group) is 1. The van der Waals surface area contributed by atoms with Crippen LogP contribution in [0, 0.1) is 6.92 Å². The predicted octanol–water partition coefficient (Wildman–Crippen LogP) is 1.27. The van der Waals surface area contributed by atoms with Gasteiger partial charge >= 0.3 is 0 Å². The molecule has 3 N–H and O–H groups in total. The largest absolute Gasteiger partial charge is 0.394 e. The van der Waals surface area contributed by atoms with Crippen molar-refractivity contribution in [1.82, 2.24) is 0 Å². The zero-order valence-electron chi connectivity index (χ0n) is 9.70. The monoisotopic (exact) mass is 208 g/mol. The van der Waals surface area contributed by atoms with E-state index in [9.17, 15) is 0 Å². The minimum absolute atomic E-state index is 0.108. The normalized spacial score (nSPS) is 12.6. The quantitative estimate of drug-likeness (QED) is 0.783. The van der Waals surface area contributed by atoms with Gasteiger partial charge in [-0.05, 0) is 31.0 Å². The van der Waals surface area contributed by atoms with Crippen molar-refractivity contribution in [3.05, 3.63) is 29.3 Å². The molecule has 0 aliphatic carbocycles. The molecule has 0 aliphatic rings. The van der Waals surface area contributed by atoms with Crippen LogP contribution in [0.15, 0.2) is 18.2 Å². The minimum Gasteiger partial charge on any atom is -0.394 e. The van der Waals surface area contributed by atoms with Crippen LogP contribution in [-0.4, -0.2) is 24.8 Å². The lowest BCUT2D eigenvalue weighted by Crippen LogP contribution is -2.32. The summed E-state index contributed by atoms with van der Waals surface area (Å²) >= 11 is 0. The van der Waals surface area contributed by atoms with Crippen LogP contribution in [0.3, 0.4) is 0 Å². The Bertz CT molecular complexity index is 325. The maximum Gasteiger partial charge on any atom is 0.0632 e. The average molecular weight is 208 g/mol. The standard InChI is InChI=1S/C12H20N2O/c1-9-4-5-11(7-13)12(6-9)14(3)10(2)8-15/h4-6,10,15H,7-8,13H2,1-3H3. The molecule has 1 aromatic carbocycles. The predicted molar refractivity (Wildman–Crippen MR) is 64.0 cm³/mol. The number of benzene rings is 1. The number of hydrogen-bond donors (Lipinski definition) is 2. The number of rotatable bonds is 4. The third-order valence-corrected chi connectivity index (χ3v) is 2.77. The first kappa shape index (κ1) is 12.0. The molecule has 3 nitrogen and oxygen atoms in total. The van der Waals surface area contributed by atoms with Crippen molar-refractivity contribution < 1.29 is 5.11 Å². The lowest BCUT2D eigenvalue weighted by atomic mass is 10.1. The van der Waals surface area contributed by atoms with Crippen LogP contribution in [0.25, 0.3) is 0 Å². The molecule has 0 fully saturated rings. The summed E-state index contributed by atoms with van der Waals surface area (Å²) in [5.74, 6) is 0. The second-order valence-electron chi connectivity index (χ2n) is 3.98. The summed E-state index contributed by atoms with van der Waals surface area (Å²) in [4.78, 5) is 2.06. The van der Waals surface area contributed by atoms with Gasteiger partial charge in [0.2, 0.25) is 0 Å². The second kappa shape index (κ2) is 5.14. The highest BCUT2D eigenvalue weighted by Crippen LogP contribution is 2.22. The molecule has 0 aromatic heterocycles. The number of nitrogens with two attached hydrogens (primary N) is 1. The summed E-state index contributed by atoms with van der Waals surface area (Å²) in [5.41, 5.74) is 9.12. The first-order valence-electron chi connectivity index (χ1n) is 5.23. The topological polar surface area (TPSA) is 49.5 Å². The molecule has 0 saturated heterocycles. The maximum absolute atomic E-state index is 9.13. The lowest BCUT2D eigenvalue weighted by molar-refractivity contribution is 0.270. The molecule has 1 unspecified atom stereocenters. The fourth-order valence-corrected chi connectivity index (χ4v) is 1.53. The minimum atomic E-state index is 0.108. The van der Waals surface area contributed by atoms with Gasteiger partial charge in [-0.2, -0.15) is 0 Å².